The van der Waals surface area contributed by atoms with Crippen molar-refractivity contribution < 1.29 is 23.9 Å². The van der Waals surface area contributed by atoms with Crippen molar-refractivity contribution in [2.75, 3.05) is 32.6 Å². The van der Waals surface area contributed by atoms with Gasteiger partial charge in [-0.05, 0) is 48.7 Å². The van der Waals surface area contributed by atoms with Gasteiger partial charge < -0.3 is 30.3 Å². The van der Waals surface area contributed by atoms with Crippen molar-refractivity contribution in [3.63, 3.8) is 0 Å². The molecular weight excluding hydrogens is 472 g/mol. The van der Waals surface area contributed by atoms with Gasteiger partial charge >= 0.3 is 6.03 Å². The summed E-state index contributed by atoms with van der Waals surface area (Å²) in [5.41, 5.74) is 1.44. The second-order valence-corrected chi connectivity index (χ2v) is 8.78. The molecule has 2 aromatic carbocycles. The molecule has 9 nitrogen and oxygen atoms in total. The Morgan fingerprint density at radius 3 is 2.34 bits per heavy atom. The van der Waals surface area contributed by atoms with E-state index >= 15 is 0 Å². The first-order valence-corrected chi connectivity index (χ1v) is 11.8. The van der Waals surface area contributed by atoms with Gasteiger partial charge in [0.25, 0.3) is 0 Å². The van der Waals surface area contributed by atoms with Gasteiger partial charge in [0, 0.05) is 49.3 Å². The highest BCUT2D eigenvalue weighted by atomic mass is 35.5. The first kappa shape index (κ1) is 26.2. The van der Waals surface area contributed by atoms with E-state index in [9.17, 15) is 14.4 Å². The molecule has 2 aromatic rings. The number of nitrogens with one attached hydrogen (secondary N) is 3. The highest BCUT2D eigenvalue weighted by Crippen LogP contribution is 2.26. The molecule has 0 bridgehead atoms. The Morgan fingerprint density at radius 2 is 1.74 bits per heavy atom. The lowest BCUT2D eigenvalue weighted by Gasteiger charge is -2.33. The van der Waals surface area contributed by atoms with E-state index in [0.29, 0.717) is 48.1 Å². The molecular formula is C25H31ClN4O5. The highest BCUT2D eigenvalue weighted by Gasteiger charge is 2.28. The summed E-state index contributed by atoms with van der Waals surface area (Å²) >= 11 is 5.89. The molecule has 0 aliphatic carbocycles. The normalized spacial score (nSPS) is 14.6. The van der Waals surface area contributed by atoms with Crippen molar-refractivity contribution in [1.82, 2.24) is 15.5 Å². The van der Waals surface area contributed by atoms with Crippen LogP contribution in [0.25, 0.3) is 0 Å². The Hall–Kier alpha value is -3.46. The predicted molar refractivity (Wildman–Crippen MR) is 134 cm³/mol. The number of benzene rings is 2. The lowest BCUT2D eigenvalue weighted by molar-refractivity contribution is -0.128. The summed E-state index contributed by atoms with van der Waals surface area (Å²) in [6.07, 6.45) is 1.48. The van der Waals surface area contributed by atoms with Gasteiger partial charge in [-0.2, -0.15) is 0 Å². The first-order chi connectivity index (χ1) is 16.8. The third-order valence-corrected chi connectivity index (χ3v) is 6.09. The predicted octanol–water partition coefficient (Wildman–Crippen LogP) is 3.22. The van der Waals surface area contributed by atoms with Crippen LogP contribution in [0.5, 0.6) is 11.5 Å². The average Bonchev–Trinajstić information content (AvgIpc) is 2.85. The van der Waals surface area contributed by atoms with Gasteiger partial charge in [-0.15, -0.1) is 0 Å². The molecule has 1 atom stereocenters. The van der Waals surface area contributed by atoms with Crippen LogP contribution in [-0.2, 0) is 16.0 Å². The zero-order chi connectivity index (χ0) is 25.4. The van der Waals surface area contributed by atoms with Gasteiger partial charge in [-0.1, -0.05) is 17.7 Å². The fourth-order valence-electron chi connectivity index (χ4n) is 3.96. The quantitative estimate of drug-likeness (QED) is 0.513. The Labute approximate surface area is 210 Å². The second kappa shape index (κ2) is 12.3. The van der Waals surface area contributed by atoms with Crippen LogP contribution in [0.4, 0.5) is 10.5 Å². The van der Waals surface area contributed by atoms with Crippen LogP contribution in [0.2, 0.25) is 5.02 Å². The molecule has 0 spiro atoms. The van der Waals surface area contributed by atoms with Crippen molar-refractivity contribution in [1.29, 1.82) is 0 Å². The molecule has 0 aromatic heterocycles. The van der Waals surface area contributed by atoms with Crippen LogP contribution in [-0.4, -0.2) is 62.1 Å². The third kappa shape index (κ3) is 7.51. The zero-order valence-electron chi connectivity index (χ0n) is 20.1. The van der Waals surface area contributed by atoms with E-state index < -0.39 is 6.04 Å². The third-order valence-electron chi connectivity index (χ3n) is 5.84. The van der Waals surface area contributed by atoms with Crippen molar-refractivity contribution >= 4 is 35.1 Å². The minimum Gasteiger partial charge on any atom is -0.497 e. The molecule has 35 heavy (non-hydrogen) atoms. The molecule has 1 heterocycles. The van der Waals surface area contributed by atoms with E-state index in [1.165, 1.54) is 6.92 Å². The largest absolute Gasteiger partial charge is 0.497 e. The maximum Gasteiger partial charge on any atom is 0.321 e. The molecule has 4 amide bonds. The number of hydrogen-bond donors (Lipinski definition) is 3. The van der Waals surface area contributed by atoms with Crippen molar-refractivity contribution in [3.8, 4) is 11.5 Å². The molecule has 3 N–H and O–H groups in total. The molecule has 0 unspecified atom stereocenters. The molecule has 1 aliphatic heterocycles. The number of carbonyl (C=O) groups is 3. The molecule has 188 valence electrons. The Balaban J connectivity index is 1.56. The zero-order valence-corrected chi connectivity index (χ0v) is 20.9. The fraction of sp³-hybridized carbons (Fsp3) is 0.400. The fourth-order valence-corrected chi connectivity index (χ4v) is 4.09. The maximum absolute atomic E-state index is 13.1. The van der Waals surface area contributed by atoms with Gasteiger partial charge in [0.15, 0.2) is 0 Å². The summed E-state index contributed by atoms with van der Waals surface area (Å²) in [5.74, 6) is 0.638. The van der Waals surface area contributed by atoms with E-state index in [-0.39, 0.29) is 30.3 Å². The summed E-state index contributed by atoms with van der Waals surface area (Å²) in [6, 6.07) is 11.2. The minimum absolute atomic E-state index is 0.101. The smallest absolute Gasteiger partial charge is 0.321 e. The lowest BCUT2D eigenvalue weighted by Crippen LogP contribution is -2.53. The number of hydrogen-bond acceptors (Lipinski definition) is 5. The van der Waals surface area contributed by atoms with Crippen molar-refractivity contribution in [2.45, 2.75) is 38.3 Å². The number of anilines is 1. The van der Waals surface area contributed by atoms with Gasteiger partial charge in [-0.25, -0.2) is 4.79 Å². The number of nitrogens with zero attached hydrogens (tertiary/aromatic N) is 1. The SMILES string of the molecule is COc1ccc(C[C@H](NC(C)=O)C(=O)NC2CCN(C(=O)Nc3ccc(Cl)cc3)CC2)c(OC)c1. The molecule has 0 saturated carbocycles. The van der Waals surface area contributed by atoms with E-state index in [4.69, 9.17) is 21.1 Å². The van der Waals surface area contributed by atoms with Gasteiger partial charge in [0.05, 0.1) is 14.2 Å². The van der Waals surface area contributed by atoms with Crippen LogP contribution in [0.1, 0.15) is 25.3 Å². The molecule has 1 aliphatic rings. The standard InChI is InChI=1S/C25H31ClN4O5/c1-16(31)27-22(14-17-4-9-21(34-2)15-23(17)35-3)24(32)28-20-10-12-30(13-11-20)25(33)29-19-7-5-18(26)6-8-19/h4-9,15,20,22H,10-14H2,1-3H3,(H,27,31)(H,28,32)(H,29,33)/t22-/m0/s1. The number of urea groups is 1. The molecule has 3 rings (SSSR count). The molecule has 10 heteroatoms. The maximum atomic E-state index is 13.1. The van der Waals surface area contributed by atoms with Gasteiger partial charge in [0.1, 0.15) is 17.5 Å². The monoisotopic (exact) mass is 502 g/mol. The number of halogens is 1. The van der Waals surface area contributed by atoms with E-state index in [0.717, 1.165) is 5.56 Å². The summed E-state index contributed by atoms with van der Waals surface area (Å²) < 4.78 is 10.7. The van der Waals surface area contributed by atoms with Crippen LogP contribution >= 0.6 is 11.6 Å². The second-order valence-electron chi connectivity index (χ2n) is 8.34. The molecule has 1 fully saturated rings. The summed E-state index contributed by atoms with van der Waals surface area (Å²) in [6.45, 7) is 2.38. The Morgan fingerprint density at radius 1 is 1.06 bits per heavy atom. The number of ether oxygens (including phenoxy) is 2. The van der Waals surface area contributed by atoms with Crippen LogP contribution < -0.4 is 25.4 Å². The van der Waals surface area contributed by atoms with Crippen molar-refractivity contribution in [2.24, 2.45) is 0 Å². The van der Waals surface area contributed by atoms with E-state index in [2.05, 4.69) is 16.0 Å². The number of amides is 4. The van der Waals surface area contributed by atoms with Gasteiger partial charge in [-0.3, -0.25) is 9.59 Å². The van der Waals surface area contributed by atoms with Crippen LogP contribution in [0, 0.1) is 0 Å². The number of methoxy groups -OCH3 is 2. The Bertz CT molecular complexity index is 1040. The lowest BCUT2D eigenvalue weighted by atomic mass is 10.0. The van der Waals surface area contributed by atoms with E-state index in [1.807, 2.05) is 6.07 Å². The summed E-state index contributed by atoms with van der Waals surface area (Å²) in [5, 5.41) is 9.21. The topological polar surface area (TPSA) is 109 Å². The Kier molecular flexibility index (Phi) is 9.19. The molecule has 1 saturated heterocycles. The number of carbonyl (C=O) groups excluding carboxylic acids is 3. The van der Waals surface area contributed by atoms with Gasteiger partial charge in [0.2, 0.25) is 11.8 Å². The van der Waals surface area contributed by atoms with Crippen LogP contribution in [0.15, 0.2) is 42.5 Å². The van der Waals surface area contributed by atoms with Crippen LogP contribution in [0.3, 0.4) is 0 Å². The number of likely N-dealkylation sites (tertiary alicyclic amines) is 1. The number of rotatable bonds is 8. The minimum atomic E-state index is -0.763. The highest BCUT2D eigenvalue weighted by molar-refractivity contribution is 6.30. The summed E-state index contributed by atoms with van der Waals surface area (Å²) in [4.78, 5) is 39.1. The summed E-state index contributed by atoms with van der Waals surface area (Å²) in [7, 11) is 3.11. The first-order valence-electron chi connectivity index (χ1n) is 11.4. The average molecular weight is 503 g/mol. The van der Waals surface area contributed by atoms with Crippen molar-refractivity contribution in [3.05, 3.63) is 53.1 Å². The van der Waals surface area contributed by atoms with E-state index in [1.54, 1.807) is 55.5 Å². The molecule has 0 radical (unpaired) electrons. The number of piperidine rings is 1.